The number of benzene rings is 1. The minimum absolute atomic E-state index is 0.0297. The first-order chi connectivity index (χ1) is 12.1. The summed E-state index contributed by atoms with van der Waals surface area (Å²) < 4.78 is 12.9. The van der Waals surface area contributed by atoms with Crippen LogP contribution in [0, 0.1) is 11.3 Å². The van der Waals surface area contributed by atoms with Gasteiger partial charge in [0, 0.05) is 44.1 Å². The lowest BCUT2D eigenvalue weighted by atomic mass is 9.82. The molecule has 2 atom stereocenters. The van der Waals surface area contributed by atoms with Gasteiger partial charge < -0.3 is 18.9 Å². The number of amides is 1. The zero-order chi connectivity index (χ0) is 17.4. The largest absolute Gasteiger partial charge is 0.384 e. The van der Waals surface area contributed by atoms with Gasteiger partial charge in [0.25, 0.3) is 5.91 Å². The molecule has 0 spiro atoms. The Morgan fingerprint density at radius 2 is 2.20 bits per heavy atom. The van der Waals surface area contributed by atoms with Gasteiger partial charge in [-0.3, -0.25) is 4.79 Å². The van der Waals surface area contributed by atoms with E-state index >= 15 is 0 Å². The van der Waals surface area contributed by atoms with E-state index in [-0.39, 0.29) is 11.3 Å². The van der Waals surface area contributed by atoms with Crippen molar-refractivity contribution < 1.29 is 14.3 Å². The number of imidazole rings is 1. The van der Waals surface area contributed by atoms with E-state index in [0.717, 1.165) is 11.4 Å². The van der Waals surface area contributed by atoms with Crippen LogP contribution in [0.15, 0.2) is 36.5 Å². The van der Waals surface area contributed by atoms with E-state index in [2.05, 4.69) is 4.98 Å². The molecule has 25 heavy (non-hydrogen) atoms. The molecular weight excluding hydrogens is 318 g/mol. The summed E-state index contributed by atoms with van der Waals surface area (Å²) in [6.45, 7) is 3.38. The molecule has 4 rings (SSSR count). The van der Waals surface area contributed by atoms with E-state index in [1.807, 2.05) is 46.8 Å². The Bertz CT molecular complexity index is 773. The van der Waals surface area contributed by atoms with E-state index in [0.29, 0.717) is 44.5 Å². The molecule has 6 heteroatoms. The second-order valence-electron chi connectivity index (χ2n) is 7.09. The van der Waals surface area contributed by atoms with Gasteiger partial charge in [0.1, 0.15) is 11.5 Å². The SMILES string of the molecule is COC[C@@]12COC[C@@H]1CN(C(=O)c1cnc(-c3ccccc3)n1C)C2. The average molecular weight is 341 g/mol. The van der Waals surface area contributed by atoms with Crippen LogP contribution < -0.4 is 0 Å². The number of methoxy groups -OCH3 is 1. The summed E-state index contributed by atoms with van der Waals surface area (Å²) in [4.78, 5) is 19.5. The molecule has 3 heterocycles. The van der Waals surface area contributed by atoms with Gasteiger partial charge in [-0.1, -0.05) is 30.3 Å². The van der Waals surface area contributed by atoms with Crippen molar-refractivity contribution in [2.75, 3.05) is 40.0 Å². The smallest absolute Gasteiger partial charge is 0.272 e. The lowest BCUT2D eigenvalue weighted by Gasteiger charge is -2.26. The molecule has 2 aliphatic heterocycles. The molecule has 0 bridgehead atoms. The van der Waals surface area contributed by atoms with E-state index in [9.17, 15) is 4.79 Å². The van der Waals surface area contributed by atoms with Crippen molar-refractivity contribution in [3.05, 3.63) is 42.2 Å². The van der Waals surface area contributed by atoms with Gasteiger partial charge in [0.15, 0.2) is 0 Å². The quantitative estimate of drug-likeness (QED) is 0.851. The zero-order valence-electron chi connectivity index (χ0n) is 14.6. The summed E-state index contributed by atoms with van der Waals surface area (Å²) in [6.07, 6.45) is 1.68. The lowest BCUT2D eigenvalue weighted by molar-refractivity contribution is 0.0485. The molecule has 1 aromatic heterocycles. The Labute approximate surface area is 147 Å². The number of rotatable bonds is 4. The Hall–Kier alpha value is -2.18. The van der Waals surface area contributed by atoms with Crippen LogP contribution in [0.5, 0.6) is 0 Å². The highest BCUT2D eigenvalue weighted by atomic mass is 16.5. The monoisotopic (exact) mass is 341 g/mol. The average Bonchev–Trinajstić information content (AvgIpc) is 3.27. The number of aromatic nitrogens is 2. The third-order valence-corrected chi connectivity index (χ3v) is 5.48. The first-order valence-corrected chi connectivity index (χ1v) is 8.58. The summed E-state index contributed by atoms with van der Waals surface area (Å²) in [6, 6.07) is 9.92. The van der Waals surface area contributed by atoms with E-state index < -0.39 is 0 Å². The van der Waals surface area contributed by atoms with Crippen LogP contribution in [0.3, 0.4) is 0 Å². The molecular formula is C19H23N3O3. The molecule has 0 aliphatic carbocycles. The summed E-state index contributed by atoms with van der Waals surface area (Å²) in [5.74, 6) is 1.18. The molecule has 0 radical (unpaired) electrons. The molecule has 0 unspecified atom stereocenters. The van der Waals surface area contributed by atoms with Gasteiger partial charge in [-0.25, -0.2) is 4.98 Å². The number of carbonyl (C=O) groups is 1. The van der Waals surface area contributed by atoms with E-state index in [4.69, 9.17) is 9.47 Å². The van der Waals surface area contributed by atoms with Crippen molar-refractivity contribution in [3.8, 4) is 11.4 Å². The predicted octanol–water partition coefficient (Wildman–Crippen LogP) is 1.82. The number of hydrogen-bond acceptors (Lipinski definition) is 4. The topological polar surface area (TPSA) is 56.6 Å². The molecule has 2 aromatic rings. The Kier molecular flexibility index (Phi) is 4.09. The van der Waals surface area contributed by atoms with Crippen molar-refractivity contribution >= 4 is 5.91 Å². The molecule has 0 saturated carbocycles. The Balaban J connectivity index is 1.58. The number of fused-ring (bicyclic) bond motifs is 1. The fourth-order valence-corrected chi connectivity index (χ4v) is 4.10. The van der Waals surface area contributed by atoms with Crippen LogP contribution in [0.4, 0.5) is 0 Å². The van der Waals surface area contributed by atoms with Gasteiger partial charge in [0.2, 0.25) is 0 Å². The van der Waals surface area contributed by atoms with Gasteiger partial charge >= 0.3 is 0 Å². The molecule has 132 valence electrons. The van der Waals surface area contributed by atoms with Gasteiger partial charge in [-0.15, -0.1) is 0 Å². The maximum Gasteiger partial charge on any atom is 0.272 e. The van der Waals surface area contributed by atoms with Crippen LogP contribution in [0.1, 0.15) is 10.5 Å². The van der Waals surface area contributed by atoms with Crippen molar-refractivity contribution in [1.29, 1.82) is 0 Å². The van der Waals surface area contributed by atoms with Gasteiger partial charge in [-0.05, 0) is 0 Å². The van der Waals surface area contributed by atoms with Crippen LogP contribution in [0.25, 0.3) is 11.4 Å². The van der Waals surface area contributed by atoms with Crippen LogP contribution in [-0.2, 0) is 16.5 Å². The maximum absolute atomic E-state index is 13.1. The van der Waals surface area contributed by atoms with Crippen LogP contribution in [0.2, 0.25) is 0 Å². The normalized spacial score (nSPS) is 25.4. The third kappa shape index (κ3) is 2.65. The number of carbonyl (C=O) groups excluding carboxylic acids is 1. The van der Waals surface area contributed by atoms with Crippen molar-refractivity contribution in [3.63, 3.8) is 0 Å². The minimum atomic E-state index is -0.0642. The third-order valence-electron chi connectivity index (χ3n) is 5.48. The Morgan fingerprint density at radius 1 is 1.40 bits per heavy atom. The first-order valence-electron chi connectivity index (χ1n) is 8.58. The standard InChI is InChI=1S/C19H23N3O3/c1-21-16(8-20-17(21)14-6-4-3-5-7-14)18(23)22-9-15-10-25-13-19(15,11-22)12-24-2/h3-8,15H,9-13H2,1-2H3/t15-,19-/m0/s1. The highest BCUT2D eigenvalue weighted by Crippen LogP contribution is 2.41. The second kappa shape index (κ2) is 6.28. The summed E-state index contributed by atoms with van der Waals surface area (Å²) in [5.41, 5.74) is 1.56. The van der Waals surface area contributed by atoms with E-state index in [1.165, 1.54) is 0 Å². The molecule has 0 N–H and O–H groups in total. The van der Waals surface area contributed by atoms with Crippen molar-refractivity contribution in [2.24, 2.45) is 18.4 Å². The fraction of sp³-hybridized carbons (Fsp3) is 0.474. The maximum atomic E-state index is 13.1. The van der Waals surface area contributed by atoms with Crippen molar-refractivity contribution in [1.82, 2.24) is 14.5 Å². The van der Waals surface area contributed by atoms with Crippen LogP contribution >= 0.6 is 0 Å². The first kappa shape index (κ1) is 16.3. The number of nitrogens with zero attached hydrogens (tertiary/aromatic N) is 3. The van der Waals surface area contributed by atoms with Gasteiger partial charge in [-0.2, -0.15) is 0 Å². The zero-order valence-corrected chi connectivity index (χ0v) is 14.6. The lowest BCUT2D eigenvalue weighted by Crippen LogP contribution is -2.37. The molecule has 1 amide bonds. The second-order valence-corrected chi connectivity index (χ2v) is 7.09. The Morgan fingerprint density at radius 3 is 2.96 bits per heavy atom. The molecule has 6 nitrogen and oxygen atoms in total. The predicted molar refractivity (Wildman–Crippen MR) is 93.2 cm³/mol. The summed E-state index contributed by atoms with van der Waals surface area (Å²) in [7, 11) is 3.61. The van der Waals surface area contributed by atoms with Crippen molar-refractivity contribution in [2.45, 2.75) is 0 Å². The van der Waals surface area contributed by atoms with Crippen LogP contribution in [-0.4, -0.2) is 60.4 Å². The summed E-state index contributed by atoms with van der Waals surface area (Å²) in [5, 5.41) is 0. The number of hydrogen-bond donors (Lipinski definition) is 0. The summed E-state index contributed by atoms with van der Waals surface area (Å²) >= 11 is 0. The highest BCUT2D eigenvalue weighted by molar-refractivity contribution is 5.93. The van der Waals surface area contributed by atoms with E-state index in [1.54, 1.807) is 13.3 Å². The number of ether oxygens (including phenoxy) is 2. The molecule has 1 aromatic carbocycles. The minimum Gasteiger partial charge on any atom is -0.384 e. The number of likely N-dealkylation sites (tertiary alicyclic amines) is 1. The fourth-order valence-electron chi connectivity index (χ4n) is 4.10. The molecule has 2 saturated heterocycles. The molecule has 2 fully saturated rings. The molecule has 2 aliphatic rings. The van der Waals surface area contributed by atoms with Gasteiger partial charge in [0.05, 0.1) is 26.0 Å². The highest BCUT2D eigenvalue weighted by Gasteiger charge is 2.52.